The molecule has 4 aromatic rings. The molecule has 0 aliphatic rings. The Morgan fingerprint density at radius 3 is 2.24 bits per heavy atom. The van der Waals surface area contributed by atoms with Crippen LogP contribution in [0, 0.1) is 0 Å². The van der Waals surface area contributed by atoms with Crippen LogP contribution >= 0.6 is 0 Å². The van der Waals surface area contributed by atoms with E-state index in [1.807, 2.05) is 42.5 Å². The van der Waals surface area contributed by atoms with Crippen LogP contribution in [0.4, 0.5) is 11.4 Å². The van der Waals surface area contributed by atoms with Gasteiger partial charge in [0.25, 0.3) is 5.91 Å². The molecule has 5 heteroatoms. The molecule has 1 heterocycles. The molecule has 0 saturated carbocycles. The first kappa shape index (κ1) is 18.3. The summed E-state index contributed by atoms with van der Waals surface area (Å²) in [4.78, 5) is 24.2. The second kappa shape index (κ2) is 8.27. The van der Waals surface area contributed by atoms with Crippen LogP contribution in [0.25, 0.3) is 16.8 Å². The molecule has 0 bridgehead atoms. The third-order valence-corrected chi connectivity index (χ3v) is 4.39. The SMILES string of the molecule is O=C(/C=C/c1cccc2ccccc12)Nc1ccc(NC(=O)c2ccco2)cc1. The molecule has 0 aliphatic carbocycles. The molecule has 2 N–H and O–H groups in total. The summed E-state index contributed by atoms with van der Waals surface area (Å²) in [6.07, 6.45) is 4.75. The summed E-state index contributed by atoms with van der Waals surface area (Å²) in [6, 6.07) is 24.1. The van der Waals surface area contributed by atoms with Gasteiger partial charge in [-0.3, -0.25) is 9.59 Å². The first-order valence-electron chi connectivity index (χ1n) is 9.11. The molecule has 0 fully saturated rings. The zero-order valence-corrected chi connectivity index (χ0v) is 15.5. The Kier molecular flexibility index (Phi) is 5.21. The van der Waals surface area contributed by atoms with E-state index in [0.29, 0.717) is 11.4 Å². The van der Waals surface area contributed by atoms with Gasteiger partial charge in [0.1, 0.15) is 0 Å². The molecule has 29 heavy (non-hydrogen) atoms. The Morgan fingerprint density at radius 1 is 0.759 bits per heavy atom. The van der Waals surface area contributed by atoms with Crippen molar-refractivity contribution in [1.82, 2.24) is 0 Å². The van der Waals surface area contributed by atoms with Crippen LogP contribution in [0.2, 0.25) is 0 Å². The van der Waals surface area contributed by atoms with E-state index in [9.17, 15) is 9.59 Å². The van der Waals surface area contributed by atoms with Crippen molar-refractivity contribution in [2.24, 2.45) is 0 Å². The van der Waals surface area contributed by atoms with Gasteiger partial charge in [0.2, 0.25) is 5.91 Å². The minimum atomic E-state index is -0.329. The van der Waals surface area contributed by atoms with Crippen molar-refractivity contribution in [2.75, 3.05) is 10.6 Å². The van der Waals surface area contributed by atoms with Crippen molar-refractivity contribution in [1.29, 1.82) is 0 Å². The maximum absolute atomic E-state index is 12.3. The number of carbonyl (C=O) groups is 2. The van der Waals surface area contributed by atoms with E-state index in [0.717, 1.165) is 16.3 Å². The van der Waals surface area contributed by atoms with E-state index in [4.69, 9.17) is 4.42 Å². The van der Waals surface area contributed by atoms with Crippen molar-refractivity contribution in [3.63, 3.8) is 0 Å². The number of carbonyl (C=O) groups excluding carboxylic acids is 2. The van der Waals surface area contributed by atoms with Crippen molar-refractivity contribution in [3.05, 3.63) is 103 Å². The van der Waals surface area contributed by atoms with Crippen LogP contribution in [-0.4, -0.2) is 11.8 Å². The molecule has 142 valence electrons. The van der Waals surface area contributed by atoms with Crippen LogP contribution in [0.15, 0.2) is 95.6 Å². The zero-order chi connectivity index (χ0) is 20.1. The number of hydrogen-bond donors (Lipinski definition) is 2. The number of anilines is 2. The lowest BCUT2D eigenvalue weighted by molar-refractivity contribution is -0.111. The fraction of sp³-hybridized carbons (Fsp3) is 0. The van der Waals surface area contributed by atoms with Gasteiger partial charge < -0.3 is 15.1 Å². The summed E-state index contributed by atoms with van der Waals surface area (Å²) in [7, 11) is 0. The van der Waals surface area contributed by atoms with E-state index in [2.05, 4.69) is 10.6 Å². The minimum Gasteiger partial charge on any atom is -0.459 e. The molecule has 3 aromatic carbocycles. The average molecular weight is 382 g/mol. The summed E-state index contributed by atoms with van der Waals surface area (Å²) in [6.45, 7) is 0. The van der Waals surface area contributed by atoms with Gasteiger partial charge in [-0.2, -0.15) is 0 Å². The summed E-state index contributed by atoms with van der Waals surface area (Å²) >= 11 is 0. The highest BCUT2D eigenvalue weighted by molar-refractivity contribution is 6.04. The molecular formula is C24H18N2O3. The van der Waals surface area contributed by atoms with Crippen molar-refractivity contribution in [2.45, 2.75) is 0 Å². The predicted octanol–water partition coefficient (Wildman–Crippen LogP) is 5.34. The first-order chi connectivity index (χ1) is 14.2. The van der Waals surface area contributed by atoms with Crippen LogP contribution in [0.3, 0.4) is 0 Å². The van der Waals surface area contributed by atoms with Gasteiger partial charge >= 0.3 is 0 Å². The molecule has 5 nitrogen and oxygen atoms in total. The van der Waals surface area contributed by atoms with Gasteiger partial charge in [-0.1, -0.05) is 42.5 Å². The summed E-state index contributed by atoms with van der Waals surface area (Å²) in [5.41, 5.74) is 2.22. The van der Waals surface area contributed by atoms with Gasteiger partial charge in [-0.15, -0.1) is 0 Å². The Labute approximate surface area is 167 Å². The molecule has 4 rings (SSSR count). The van der Waals surface area contributed by atoms with E-state index < -0.39 is 0 Å². The smallest absolute Gasteiger partial charge is 0.291 e. The third-order valence-electron chi connectivity index (χ3n) is 4.39. The largest absolute Gasteiger partial charge is 0.459 e. The molecule has 1 aromatic heterocycles. The lowest BCUT2D eigenvalue weighted by atomic mass is 10.0. The van der Waals surface area contributed by atoms with Crippen LogP contribution in [0.1, 0.15) is 16.1 Å². The van der Waals surface area contributed by atoms with Gasteiger partial charge in [0.05, 0.1) is 6.26 Å². The van der Waals surface area contributed by atoms with Gasteiger partial charge in [0.15, 0.2) is 5.76 Å². The highest BCUT2D eigenvalue weighted by atomic mass is 16.3. The quantitative estimate of drug-likeness (QED) is 0.458. The fourth-order valence-corrected chi connectivity index (χ4v) is 2.98. The molecule has 0 spiro atoms. The van der Waals surface area contributed by atoms with Crippen LogP contribution in [0.5, 0.6) is 0 Å². The van der Waals surface area contributed by atoms with E-state index in [1.54, 1.807) is 42.5 Å². The Bertz CT molecular complexity index is 1170. The Hall–Kier alpha value is -4.12. The lowest BCUT2D eigenvalue weighted by Gasteiger charge is -2.06. The van der Waals surface area contributed by atoms with Crippen molar-refractivity contribution < 1.29 is 14.0 Å². The topological polar surface area (TPSA) is 71.3 Å². The molecule has 0 saturated heterocycles. The van der Waals surface area contributed by atoms with E-state index >= 15 is 0 Å². The molecule has 2 amide bonds. The molecular weight excluding hydrogens is 364 g/mol. The second-order valence-corrected chi connectivity index (χ2v) is 6.40. The van der Waals surface area contributed by atoms with Gasteiger partial charge in [-0.05, 0) is 58.8 Å². The minimum absolute atomic E-state index is 0.231. The average Bonchev–Trinajstić information content (AvgIpc) is 3.29. The maximum Gasteiger partial charge on any atom is 0.291 e. The molecule has 0 radical (unpaired) electrons. The zero-order valence-electron chi connectivity index (χ0n) is 15.5. The molecule has 0 unspecified atom stereocenters. The Morgan fingerprint density at radius 2 is 1.48 bits per heavy atom. The number of hydrogen-bond acceptors (Lipinski definition) is 3. The molecule has 0 aliphatic heterocycles. The van der Waals surface area contributed by atoms with Gasteiger partial charge in [-0.25, -0.2) is 0 Å². The number of furan rings is 1. The first-order valence-corrected chi connectivity index (χ1v) is 9.11. The highest BCUT2D eigenvalue weighted by Crippen LogP contribution is 2.20. The van der Waals surface area contributed by atoms with Crippen LogP contribution in [-0.2, 0) is 4.79 Å². The highest BCUT2D eigenvalue weighted by Gasteiger charge is 2.08. The number of nitrogens with one attached hydrogen (secondary N) is 2. The van der Waals surface area contributed by atoms with E-state index in [-0.39, 0.29) is 17.6 Å². The summed E-state index contributed by atoms with van der Waals surface area (Å²) < 4.78 is 5.06. The number of amides is 2. The monoisotopic (exact) mass is 382 g/mol. The predicted molar refractivity (Wildman–Crippen MR) is 115 cm³/mol. The standard InChI is InChI=1S/C24H18N2O3/c27-23(15-10-18-7-3-6-17-5-1-2-8-21(17)18)25-19-11-13-20(14-12-19)26-24(28)22-9-4-16-29-22/h1-16H,(H,25,27)(H,26,28)/b15-10+. The molecule has 0 atom stereocenters. The summed E-state index contributed by atoms with van der Waals surface area (Å²) in [5, 5.41) is 7.76. The summed E-state index contributed by atoms with van der Waals surface area (Å²) in [5.74, 6) is -0.323. The lowest BCUT2D eigenvalue weighted by Crippen LogP contribution is -2.11. The normalized spacial score (nSPS) is 10.9. The number of benzene rings is 3. The number of fused-ring (bicyclic) bond motifs is 1. The van der Waals surface area contributed by atoms with Crippen molar-refractivity contribution >= 4 is 40.0 Å². The van der Waals surface area contributed by atoms with Crippen molar-refractivity contribution in [3.8, 4) is 0 Å². The second-order valence-electron chi connectivity index (χ2n) is 6.40. The number of rotatable bonds is 5. The fourth-order valence-electron chi connectivity index (χ4n) is 2.98. The third kappa shape index (κ3) is 4.42. The Balaban J connectivity index is 1.39. The van der Waals surface area contributed by atoms with Crippen LogP contribution < -0.4 is 10.6 Å². The van der Waals surface area contributed by atoms with Gasteiger partial charge in [0, 0.05) is 17.5 Å². The van der Waals surface area contributed by atoms with E-state index in [1.165, 1.54) is 12.3 Å². The maximum atomic E-state index is 12.3.